The normalized spacial score (nSPS) is 12.1. The number of halogens is 4. The fraction of sp³-hybridized carbons (Fsp3) is 0.472. The number of nitrogens with zero attached hydrogens (tertiary/aromatic N) is 3. The highest BCUT2D eigenvalue weighted by Gasteiger charge is 2.31. The van der Waals surface area contributed by atoms with E-state index >= 15 is 0 Å². The number of aryl methyl sites for hydroxylation is 1. The smallest absolute Gasteiger partial charge is 0.406 e. The summed E-state index contributed by atoms with van der Waals surface area (Å²) in [5, 5.41) is 3.95. The molecular formula is C36H50F4N8O2. The molecule has 50 heavy (non-hydrogen) atoms. The van der Waals surface area contributed by atoms with Crippen molar-refractivity contribution in [2.45, 2.75) is 91.0 Å². The van der Waals surface area contributed by atoms with Crippen LogP contribution in [0.1, 0.15) is 83.2 Å². The number of nitrogens with two attached hydrogens (primary N) is 3. The number of alkyl halides is 3. The first-order valence-electron chi connectivity index (χ1n) is 16.5. The highest BCUT2D eigenvalue weighted by molar-refractivity contribution is 5.76. The molecule has 8 N–H and O–H groups in total. The lowest BCUT2D eigenvalue weighted by Gasteiger charge is -2.21. The Kier molecular flexibility index (Phi) is 13.6. The fourth-order valence-corrected chi connectivity index (χ4v) is 4.95. The van der Waals surface area contributed by atoms with E-state index in [1.54, 1.807) is 18.3 Å². The summed E-state index contributed by atoms with van der Waals surface area (Å²) in [6.07, 6.45) is 0.184. The van der Waals surface area contributed by atoms with E-state index in [-0.39, 0.29) is 28.4 Å². The first-order valence-corrected chi connectivity index (χ1v) is 16.5. The number of aromatic nitrogens is 3. The summed E-state index contributed by atoms with van der Waals surface area (Å²) in [6.45, 7) is 14.2. The Hall–Kier alpha value is -4.43. The maximum absolute atomic E-state index is 14.6. The molecule has 0 aliphatic carbocycles. The Morgan fingerprint density at radius 1 is 0.980 bits per heavy atom. The van der Waals surface area contributed by atoms with E-state index in [9.17, 15) is 22.4 Å². The van der Waals surface area contributed by atoms with E-state index in [0.717, 1.165) is 41.5 Å². The molecule has 10 nitrogen and oxygen atoms in total. The van der Waals surface area contributed by atoms with E-state index in [2.05, 4.69) is 45.8 Å². The molecule has 2 heterocycles. The summed E-state index contributed by atoms with van der Waals surface area (Å²) in [5.74, 6) is -0.470. The van der Waals surface area contributed by atoms with Gasteiger partial charge in [0.25, 0.3) is 0 Å². The highest BCUT2D eigenvalue weighted by Crippen LogP contribution is 2.31. The van der Waals surface area contributed by atoms with Crippen molar-refractivity contribution in [2.24, 2.45) is 22.2 Å². The molecule has 0 amide bonds. The number of rotatable bonds is 12. The van der Waals surface area contributed by atoms with Crippen LogP contribution >= 0.6 is 0 Å². The van der Waals surface area contributed by atoms with Crippen molar-refractivity contribution >= 4 is 17.0 Å². The third-order valence-corrected chi connectivity index (χ3v) is 7.74. The highest BCUT2D eigenvalue weighted by atomic mass is 19.4. The van der Waals surface area contributed by atoms with Gasteiger partial charge < -0.3 is 32.2 Å². The van der Waals surface area contributed by atoms with Gasteiger partial charge in [0.05, 0.1) is 5.69 Å². The van der Waals surface area contributed by atoms with Gasteiger partial charge >= 0.3 is 12.1 Å². The Labute approximate surface area is 290 Å². The molecule has 0 spiro atoms. The van der Waals surface area contributed by atoms with E-state index in [1.165, 1.54) is 22.8 Å². The van der Waals surface area contributed by atoms with Crippen molar-refractivity contribution in [3.8, 4) is 11.4 Å². The van der Waals surface area contributed by atoms with Crippen molar-refractivity contribution in [3.05, 3.63) is 87.3 Å². The minimum absolute atomic E-state index is 0.0637. The molecule has 14 heteroatoms. The SMILES string of the molecule is CC(C)(C)c1cc(CCCCN)cc(OC(F)(F)F)c1.CC(C)(C)c1cc2cn(-c3ccc(CNCCCN=C(N)N)c(F)c3)c(=O)nc2[nH]1. The molecule has 0 fully saturated rings. The number of nitrogens with one attached hydrogen (secondary N) is 2. The monoisotopic (exact) mass is 702 g/mol. The molecule has 274 valence electrons. The van der Waals surface area contributed by atoms with Crippen LogP contribution in [0.3, 0.4) is 0 Å². The van der Waals surface area contributed by atoms with Crippen LogP contribution in [-0.2, 0) is 23.8 Å². The second kappa shape index (κ2) is 17.0. The molecule has 2 aromatic heterocycles. The van der Waals surface area contributed by atoms with Crippen LogP contribution in [0.15, 0.2) is 58.4 Å². The van der Waals surface area contributed by atoms with Crippen LogP contribution in [0.5, 0.6) is 5.75 Å². The zero-order valence-corrected chi connectivity index (χ0v) is 29.7. The Morgan fingerprint density at radius 3 is 2.30 bits per heavy atom. The number of guanidine groups is 1. The molecule has 0 saturated heterocycles. The first-order chi connectivity index (χ1) is 23.3. The number of fused-ring (bicyclic) bond motifs is 1. The van der Waals surface area contributed by atoms with Crippen LogP contribution in [-0.4, -0.2) is 46.5 Å². The number of H-pyrrole nitrogens is 1. The maximum Gasteiger partial charge on any atom is 0.573 e. The van der Waals surface area contributed by atoms with Gasteiger partial charge in [-0.25, -0.2) is 9.18 Å². The second-order valence-electron chi connectivity index (χ2n) is 14.2. The topological polar surface area (TPSA) is 162 Å². The molecule has 4 rings (SSSR count). The average Bonchev–Trinajstić information content (AvgIpc) is 3.42. The summed E-state index contributed by atoms with van der Waals surface area (Å²) < 4.78 is 57.1. The third-order valence-electron chi connectivity index (χ3n) is 7.74. The van der Waals surface area contributed by atoms with Crippen LogP contribution in [0, 0.1) is 5.82 Å². The van der Waals surface area contributed by atoms with E-state index in [4.69, 9.17) is 17.2 Å². The number of hydrogen-bond donors (Lipinski definition) is 5. The van der Waals surface area contributed by atoms with Gasteiger partial charge in [-0.1, -0.05) is 53.7 Å². The van der Waals surface area contributed by atoms with Gasteiger partial charge in [-0.3, -0.25) is 9.56 Å². The Balaban J connectivity index is 0.000000295. The standard InChI is InChI=1S/C21H28FN7O.C15H22F3NO/c1-21(2,3)17-9-14-12-29(20(30)28-18(14)27-17)15-6-5-13(16(22)10-15)11-25-7-4-8-26-19(23)24;1-14(2,3)12-8-11(6-4-5-7-19)9-13(10-12)20-15(16,17)18/h5-6,9-10,12,25H,4,7-8,11H2,1-3H3,(H4,23,24,26)(H,27,28,30);8-10H,4-7,19H2,1-3H3. The van der Waals surface area contributed by atoms with Gasteiger partial charge in [-0.15, -0.1) is 13.2 Å². The van der Waals surface area contributed by atoms with Gasteiger partial charge in [-0.05, 0) is 85.6 Å². The Bertz CT molecular complexity index is 1800. The van der Waals surface area contributed by atoms with Crippen molar-refractivity contribution in [1.82, 2.24) is 19.9 Å². The minimum atomic E-state index is -4.66. The van der Waals surface area contributed by atoms with Gasteiger partial charge in [0.1, 0.15) is 17.2 Å². The molecule has 0 unspecified atom stereocenters. The quantitative estimate of drug-likeness (QED) is 0.0518. The molecule has 0 bridgehead atoms. The second-order valence-corrected chi connectivity index (χ2v) is 14.2. The van der Waals surface area contributed by atoms with Crippen LogP contribution in [0.25, 0.3) is 16.7 Å². The fourth-order valence-electron chi connectivity index (χ4n) is 4.95. The third kappa shape index (κ3) is 12.5. The molecular weight excluding hydrogens is 652 g/mol. The van der Waals surface area contributed by atoms with E-state index in [1.807, 2.05) is 32.9 Å². The summed E-state index contributed by atoms with van der Waals surface area (Å²) in [7, 11) is 0. The summed E-state index contributed by atoms with van der Waals surface area (Å²) >= 11 is 0. The molecule has 0 atom stereocenters. The zero-order valence-electron chi connectivity index (χ0n) is 29.7. The molecule has 0 saturated carbocycles. The lowest BCUT2D eigenvalue weighted by atomic mass is 9.85. The van der Waals surface area contributed by atoms with Crippen LogP contribution < -0.4 is 32.9 Å². The predicted octanol–water partition coefficient (Wildman–Crippen LogP) is 6.07. The van der Waals surface area contributed by atoms with Crippen LogP contribution in [0.2, 0.25) is 0 Å². The summed E-state index contributed by atoms with van der Waals surface area (Å²) in [4.78, 5) is 23.7. The maximum atomic E-state index is 14.6. The van der Waals surface area contributed by atoms with Gasteiger partial charge in [0, 0.05) is 41.3 Å². The van der Waals surface area contributed by atoms with E-state index in [0.29, 0.717) is 49.5 Å². The summed E-state index contributed by atoms with van der Waals surface area (Å²) in [5.41, 5.74) is 19.3. The lowest BCUT2D eigenvalue weighted by molar-refractivity contribution is -0.274. The van der Waals surface area contributed by atoms with Gasteiger partial charge in [-0.2, -0.15) is 4.98 Å². The first kappa shape index (κ1) is 40.0. The zero-order chi connectivity index (χ0) is 37.3. The number of aliphatic imine (C=N–C) groups is 1. The minimum Gasteiger partial charge on any atom is -0.406 e. The van der Waals surface area contributed by atoms with E-state index < -0.39 is 12.1 Å². The summed E-state index contributed by atoms with van der Waals surface area (Å²) in [6, 6.07) is 11.6. The molecule has 0 radical (unpaired) electrons. The largest absolute Gasteiger partial charge is 0.573 e. The van der Waals surface area contributed by atoms with Crippen LogP contribution in [0.4, 0.5) is 17.6 Å². The molecule has 4 aromatic rings. The number of benzene rings is 2. The molecule has 0 aliphatic heterocycles. The van der Waals surface area contributed by atoms with Crippen molar-refractivity contribution in [2.75, 3.05) is 19.6 Å². The van der Waals surface area contributed by atoms with Crippen molar-refractivity contribution in [3.63, 3.8) is 0 Å². The van der Waals surface area contributed by atoms with Gasteiger partial charge in [0.15, 0.2) is 5.96 Å². The molecule has 0 aliphatic rings. The molecule has 2 aromatic carbocycles. The van der Waals surface area contributed by atoms with Crippen molar-refractivity contribution in [1.29, 1.82) is 0 Å². The van der Waals surface area contributed by atoms with Gasteiger partial charge in [0.2, 0.25) is 0 Å². The number of unbranched alkanes of at least 4 members (excludes halogenated alkanes) is 1. The predicted molar refractivity (Wildman–Crippen MR) is 191 cm³/mol. The lowest BCUT2D eigenvalue weighted by Crippen LogP contribution is -2.23. The number of ether oxygens (including phenoxy) is 1. The number of aromatic amines is 1. The Morgan fingerprint density at radius 2 is 1.70 bits per heavy atom. The number of hydrogen-bond acceptors (Lipinski definition) is 6. The van der Waals surface area contributed by atoms with Crippen molar-refractivity contribution < 1.29 is 22.3 Å². The average molecular weight is 703 g/mol.